The van der Waals surface area contributed by atoms with Crippen LogP contribution in [-0.4, -0.2) is 25.0 Å². The van der Waals surface area contributed by atoms with Gasteiger partial charge in [-0.3, -0.25) is 4.79 Å². The molecule has 0 spiro atoms. The quantitative estimate of drug-likeness (QED) is 0.900. The van der Waals surface area contributed by atoms with Gasteiger partial charge >= 0.3 is 0 Å². The number of hydrogen-bond acceptors (Lipinski definition) is 2. The van der Waals surface area contributed by atoms with Crippen LogP contribution >= 0.6 is 15.9 Å². The molecule has 0 radical (unpaired) electrons. The van der Waals surface area contributed by atoms with Gasteiger partial charge in [0.05, 0.1) is 6.61 Å². The first kappa shape index (κ1) is 14.3. The molecule has 0 bridgehead atoms. The van der Waals surface area contributed by atoms with E-state index in [-0.39, 0.29) is 5.56 Å². The van der Waals surface area contributed by atoms with Gasteiger partial charge in [0, 0.05) is 10.0 Å². The van der Waals surface area contributed by atoms with Crippen LogP contribution in [0.1, 0.15) is 12.5 Å². The summed E-state index contributed by atoms with van der Waals surface area (Å²) in [5.74, 6) is -1.51. The topological polar surface area (TPSA) is 38.3 Å². The largest absolute Gasteiger partial charge is 0.366 e. The van der Waals surface area contributed by atoms with Crippen molar-refractivity contribution in [1.29, 1.82) is 0 Å². The van der Waals surface area contributed by atoms with E-state index in [1.807, 2.05) is 0 Å². The van der Waals surface area contributed by atoms with E-state index in [0.717, 1.165) is 6.07 Å². The predicted molar refractivity (Wildman–Crippen MR) is 65.3 cm³/mol. The normalized spacial score (nSPS) is 27.5. The Kier molecular flexibility index (Phi) is 3.87. The average molecular weight is 338 g/mol. The molecule has 1 aliphatic rings. The lowest BCUT2D eigenvalue weighted by Crippen LogP contribution is -2.61. The average Bonchev–Trinajstić information content (AvgIpc) is 2.35. The van der Waals surface area contributed by atoms with E-state index in [2.05, 4.69) is 21.2 Å². The second-order valence-electron chi connectivity index (χ2n) is 4.34. The maximum absolute atomic E-state index is 13.8. The van der Waals surface area contributed by atoms with E-state index in [1.165, 1.54) is 19.1 Å². The zero-order valence-corrected chi connectivity index (χ0v) is 11.5. The van der Waals surface area contributed by atoms with Gasteiger partial charge in [-0.05, 0) is 25.1 Å². The fourth-order valence-electron chi connectivity index (χ4n) is 1.91. The molecule has 2 unspecified atom stereocenters. The summed E-state index contributed by atoms with van der Waals surface area (Å²) in [6, 6.07) is 3.68. The molecule has 104 valence electrons. The van der Waals surface area contributed by atoms with E-state index in [4.69, 9.17) is 4.74 Å². The third-order valence-corrected chi connectivity index (χ3v) is 3.55. The number of hydrogen-bond donors (Lipinski definition) is 1. The van der Waals surface area contributed by atoms with E-state index < -0.39 is 36.4 Å². The Morgan fingerprint density at radius 1 is 1.53 bits per heavy atom. The van der Waals surface area contributed by atoms with Crippen LogP contribution in [0, 0.1) is 5.82 Å². The molecule has 0 aromatic heterocycles. The van der Waals surface area contributed by atoms with Crippen molar-refractivity contribution >= 4 is 21.8 Å². The van der Waals surface area contributed by atoms with Gasteiger partial charge in [0.2, 0.25) is 5.91 Å². The van der Waals surface area contributed by atoms with Crippen molar-refractivity contribution in [3.8, 4) is 0 Å². The molecule has 3 nitrogen and oxygen atoms in total. The summed E-state index contributed by atoms with van der Waals surface area (Å²) < 4.78 is 46.1. The Labute approximate surface area is 116 Å². The predicted octanol–water partition coefficient (Wildman–Crippen LogP) is 2.58. The molecule has 2 atom stereocenters. The monoisotopic (exact) mass is 337 g/mol. The van der Waals surface area contributed by atoms with Gasteiger partial charge in [0.25, 0.3) is 6.43 Å². The lowest BCUT2D eigenvalue weighted by atomic mass is 9.89. The number of rotatable bonds is 2. The van der Waals surface area contributed by atoms with Crippen LogP contribution in [0.4, 0.5) is 13.2 Å². The molecule has 1 aromatic carbocycles. The summed E-state index contributed by atoms with van der Waals surface area (Å²) in [6.45, 7) is 0.965. The van der Waals surface area contributed by atoms with Gasteiger partial charge in [-0.2, -0.15) is 0 Å². The molecule has 1 saturated heterocycles. The van der Waals surface area contributed by atoms with Gasteiger partial charge in [-0.25, -0.2) is 13.2 Å². The Hall–Kier alpha value is -1.08. The smallest absolute Gasteiger partial charge is 0.267 e. The van der Waals surface area contributed by atoms with E-state index in [0.29, 0.717) is 4.47 Å². The fourth-order valence-corrected chi connectivity index (χ4v) is 2.27. The van der Waals surface area contributed by atoms with Gasteiger partial charge in [0.15, 0.2) is 5.54 Å². The number of alkyl halides is 2. The van der Waals surface area contributed by atoms with E-state index in [1.54, 1.807) is 0 Å². The molecular formula is C12H11BrF3NO2. The number of morpholine rings is 1. The summed E-state index contributed by atoms with van der Waals surface area (Å²) in [6.07, 6.45) is -3.82. The molecular weight excluding hydrogens is 327 g/mol. The third kappa shape index (κ3) is 2.49. The Morgan fingerprint density at radius 2 is 2.21 bits per heavy atom. The van der Waals surface area contributed by atoms with Crippen LogP contribution in [0.3, 0.4) is 0 Å². The van der Waals surface area contributed by atoms with Crippen LogP contribution in [0.15, 0.2) is 22.7 Å². The number of nitrogens with one attached hydrogen (secondary N) is 1. The molecule has 1 heterocycles. The van der Waals surface area contributed by atoms with Crippen molar-refractivity contribution < 1.29 is 22.7 Å². The minimum Gasteiger partial charge on any atom is -0.366 e. The summed E-state index contributed by atoms with van der Waals surface area (Å²) in [4.78, 5) is 11.6. The molecule has 0 saturated carbocycles. The van der Waals surface area contributed by atoms with Gasteiger partial charge in [0.1, 0.15) is 11.9 Å². The number of amides is 1. The van der Waals surface area contributed by atoms with Gasteiger partial charge in [-0.1, -0.05) is 15.9 Å². The van der Waals surface area contributed by atoms with Crippen LogP contribution in [-0.2, 0) is 15.1 Å². The summed E-state index contributed by atoms with van der Waals surface area (Å²) in [5.41, 5.74) is -2.45. The summed E-state index contributed by atoms with van der Waals surface area (Å²) in [7, 11) is 0. The zero-order valence-electron chi connectivity index (χ0n) is 9.92. The van der Waals surface area contributed by atoms with Crippen molar-refractivity contribution in [2.75, 3.05) is 6.61 Å². The lowest BCUT2D eigenvalue weighted by Gasteiger charge is -2.39. The van der Waals surface area contributed by atoms with Crippen LogP contribution < -0.4 is 5.32 Å². The number of benzene rings is 1. The molecule has 1 N–H and O–H groups in total. The van der Waals surface area contributed by atoms with Gasteiger partial charge in [-0.15, -0.1) is 0 Å². The van der Waals surface area contributed by atoms with E-state index in [9.17, 15) is 18.0 Å². The Balaban J connectivity index is 2.51. The standard InChI is InChI=1S/C12H11BrF3NO2/c1-6-10(18)17-12(5-19-6,11(15)16)8-4-7(13)2-3-9(8)14/h2-4,6,11H,5H2,1H3,(H,17,18). The third-order valence-electron chi connectivity index (χ3n) is 3.06. The fraction of sp³-hybridized carbons (Fsp3) is 0.417. The molecule has 2 rings (SSSR count). The molecule has 1 aliphatic heterocycles. The molecule has 1 amide bonds. The minimum atomic E-state index is -2.99. The highest BCUT2D eigenvalue weighted by Crippen LogP contribution is 2.35. The van der Waals surface area contributed by atoms with Crippen molar-refractivity contribution in [1.82, 2.24) is 5.32 Å². The Bertz CT molecular complexity index is 512. The van der Waals surface area contributed by atoms with Crippen LogP contribution in [0.5, 0.6) is 0 Å². The molecule has 19 heavy (non-hydrogen) atoms. The van der Waals surface area contributed by atoms with Crippen LogP contribution in [0.25, 0.3) is 0 Å². The van der Waals surface area contributed by atoms with Gasteiger partial charge < -0.3 is 10.1 Å². The first-order valence-electron chi connectivity index (χ1n) is 5.54. The molecule has 7 heteroatoms. The Morgan fingerprint density at radius 3 is 2.79 bits per heavy atom. The number of carbonyl (C=O) groups excluding carboxylic acids is 1. The molecule has 1 fully saturated rings. The maximum Gasteiger partial charge on any atom is 0.267 e. The lowest BCUT2D eigenvalue weighted by molar-refractivity contribution is -0.154. The van der Waals surface area contributed by atoms with Crippen molar-refractivity contribution in [2.45, 2.75) is 25.0 Å². The van der Waals surface area contributed by atoms with Crippen molar-refractivity contribution in [3.05, 3.63) is 34.1 Å². The molecule has 1 aromatic rings. The van der Waals surface area contributed by atoms with Crippen molar-refractivity contribution in [2.24, 2.45) is 0 Å². The highest BCUT2D eigenvalue weighted by molar-refractivity contribution is 9.10. The SMILES string of the molecule is CC1OCC(c2cc(Br)ccc2F)(C(F)F)NC1=O. The minimum absolute atomic E-state index is 0.294. The highest BCUT2D eigenvalue weighted by Gasteiger charge is 2.49. The zero-order chi connectivity index (χ0) is 14.2. The first-order valence-corrected chi connectivity index (χ1v) is 6.33. The summed E-state index contributed by atoms with van der Waals surface area (Å²) >= 11 is 3.10. The van der Waals surface area contributed by atoms with E-state index >= 15 is 0 Å². The number of halogens is 4. The summed E-state index contributed by atoms with van der Waals surface area (Å²) in [5, 5.41) is 2.19. The highest BCUT2D eigenvalue weighted by atomic mass is 79.9. The second-order valence-corrected chi connectivity index (χ2v) is 5.25. The maximum atomic E-state index is 13.8. The molecule has 0 aliphatic carbocycles. The first-order chi connectivity index (χ1) is 8.86. The second kappa shape index (κ2) is 5.13. The van der Waals surface area contributed by atoms with Crippen LogP contribution in [0.2, 0.25) is 0 Å². The number of carbonyl (C=O) groups is 1. The van der Waals surface area contributed by atoms with Crippen molar-refractivity contribution in [3.63, 3.8) is 0 Å². The number of ether oxygens (including phenoxy) is 1.